The number of nitrogens with zero attached hydrogens (tertiary/aromatic N) is 3. The monoisotopic (exact) mass is 173 g/mol. The molecule has 0 saturated heterocycles. The number of nitriles is 2. The van der Waals surface area contributed by atoms with Gasteiger partial charge >= 0.3 is 0 Å². The van der Waals surface area contributed by atoms with E-state index in [1.807, 2.05) is 20.8 Å². The summed E-state index contributed by atoms with van der Waals surface area (Å²) in [6.45, 7) is 5.54. The molecule has 1 rings (SSSR count). The maximum Gasteiger partial charge on any atom is 0.0969 e. The van der Waals surface area contributed by atoms with Gasteiger partial charge in [0, 0.05) is 11.6 Å². The summed E-state index contributed by atoms with van der Waals surface area (Å²) in [6.07, 6.45) is 0. The highest BCUT2D eigenvalue weighted by molar-refractivity contribution is 5.89. The molecule has 0 radical (unpaired) electrons. The molecule has 2 atom stereocenters. The molecule has 0 aromatic heterocycles. The summed E-state index contributed by atoms with van der Waals surface area (Å²) in [6, 6.07) is 4.28. The Bertz CT molecular complexity index is 363. The number of aliphatic imine (C=N–C) groups is 1. The van der Waals surface area contributed by atoms with Crippen LogP contribution in [0.2, 0.25) is 0 Å². The zero-order valence-corrected chi connectivity index (χ0v) is 8.00. The molecular formula is C10H11N3. The Hall–Kier alpha value is -1.61. The number of hydrogen-bond acceptors (Lipinski definition) is 3. The summed E-state index contributed by atoms with van der Waals surface area (Å²) in [5, 5.41) is 17.7. The first-order chi connectivity index (χ1) is 6.11. The Morgan fingerprint density at radius 3 is 2.38 bits per heavy atom. The van der Waals surface area contributed by atoms with E-state index in [2.05, 4.69) is 17.1 Å². The van der Waals surface area contributed by atoms with Crippen LogP contribution < -0.4 is 0 Å². The molecule has 0 bridgehead atoms. The molecule has 1 aliphatic rings. The van der Waals surface area contributed by atoms with Crippen LogP contribution in [-0.4, -0.2) is 5.71 Å². The molecule has 0 aromatic rings. The summed E-state index contributed by atoms with van der Waals surface area (Å²) < 4.78 is 0. The lowest BCUT2D eigenvalue weighted by molar-refractivity contribution is 0.609. The molecule has 0 amide bonds. The number of allylic oxidation sites excluding steroid dienone is 2. The Morgan fingerprint density at radius 1 is 1.31 bits per heavy atom. The largest absolute Gasteiger partial charge is 0.260 e. The minimum atomic E-state index is -0.238. The van der Waals surface area contributed by atoms with Crippen molar-refractivity contribution in [1.29, 1.82) is 10.5 Å². The molecule has 0 N–H and O–H groups in total. The molecule has 13 heavy (non-hydrogen) atoms. The van der Waals surface area contributed by atoms with Gasteiger partial charge in [-0.3, -0.25) is 4.99 Å². The second-order valence-corrected chi connectivity index (χ2v) is 3.26. The van der Waals surface area contributed by atoms with Crippen molar-refractivity contribution in [3.63, 3.8) is 0 Å². The summed E-state index contributed by atoms with van der Waals surface area (Å²) in [5.74, 6) is -0.258. The van der Waals surface area contributed by atoms with Gasteiger partial charge in [0.1, 0.15) is 0 Å². The lowest BCUT2D eigenvalue weighted by Crippen LogP contribution is -2.23. The van der Waals surface area contributed by atoms with E-state index in [0.29, 0.717) is 5.57 Å². The first kappa shape index (κ1) is 9.48. The van der Waals surface area contributed by atoms with Crippen molar-refractivity contribution in [3.05, 3.63) is 11.3 Å². The third-order valence-corrected chi connectivity index (χ3v) is 2.40. The number of hydrogen-bond donors (Lipinski definition) is 0. The first-order valence-electron chi connectivity index (χ1n) is 4.17. The second kappa shape index (κ2) is 3.41. The van der Waals surface area contributed by atoms with Crippen LogP contribution in [0.4, 0.5) is 0 Å². The topological polar surface area (TPSA) is 59.9 Å². The van der Waals surface area contributed by atoms with Gasteiger partial charge in [-0.2, -0.15) is 10.5 Å². The van der Waals surface area contributed by atoms with Gasteiger partial charge in [-0.05, 0) is 13.8 Å². The van der Waals surface area contributed by atoms with Gasteiger partial charge in [0.15, 0.2) is 0 Å². The van der Waals surface area contributed by atoms with Gasteiger partial charge in [0.2, 0.25) is 0 Å². The fraction of sp³-hybridized carbons (Fsp3) is 0.500. The molecule has 66 valence electrons. The fourth-order valence-electron chi connectivity index (χ4n) is 1.64. The van der Waals surface area contributed by atoms with Crippen molar-refractivity contribution in [1.82, 2.24) is 0 Å². The normalized spacial score (nSPS) is 27.6. The Labute approximate surface area is 78.0 Å². The van der Waals surface area contributed by atoms with E-state index in [1.165, 1.54) is 0 Å². The van der Waals surface area contributed by atoms with Gasteiger partial charge < -0.3 is 0 Å². The van der Waals surface area contributed by atoms with E-state index < -0.39 is 0 Å². The highest BCUT2D eigenvalue weighted by atomic mass is 14.8. The highest BCUT2D eigenvalue weighted by Gasteiger charge is 2.28. The van der Waals surface area contributed by atoms with Gasteiger partial charge in [-0.15, -0.1) is 0 Å². The summed E-state index contributed by atoms with van der Waals surface area (Å²) in [5.41, 5.74) is 2.20. The van der Waals surface area contributed by atoms with Gasteiger partial charge in [-0.1, -0.05) is 6.92 Å². The predicted octanol–water partition coefficient (Wildman–Crippen LogP) is 2.03. The lowest BCUT2D eigenvalue weighted by atomic mass is 9.83. The average Bonchev–Trinajstić information content (AvgIpc) is 2.04. The minimum Gasteiger partial charge on any atom is -0.260 e. The molecule has 0 fully saturated rings. The van der Waals surface area contributed by atoms with E-state index in [0.717, 1.165) is 11.4 Å². The van der Waals surface area contributed by atoms with Crippen molar-refractivity contribution in [2.45, 2.75) is 20.8 Å². The SMILES string of the molecule is CC1=NC(C)=C(C#N)C(C)C1C#N. The predicted molar refractivity (Wildman–Crippen MR) is 49.7 cm³/mol. The van der Waals surface area contributed by atoms with E-state index in [4.69, 9.17) is 10.5 Å². The average molecular weight is 173 g/mol. The smallest absolute Gasteiger partial charge is 0.0969 e. The molecule has 3 heteroatoms. The molecule has 0 aromatic carbocycles. The van der Waals surface area contributed by atoms with E-state index in [9.17, 15) is 0 Å². The molecule has 0 spiro atoms. The van der Waals surface area contributed by atoms with Crippen molar-refractivity contribution >= 4 is 5.71 Å². The van der Waals surface area contributed by atoms with E-state index >= 15 is 0 Å². The Kier molecular flexibility index (Phi) is 2.49. The molecule has 1 aliphatic heterocycles. The first-order valence-corrected chi connectivity index (χ1v) is 4.17. The molecule has 1 heterocycles. The quantitative estimate of drug-likeness (QED) is 0.562. The summed E-state index contributed by atoms with van der Waals surface area (Å²) >= 11 is 0. The third kappa shape index (κ3) is 1.46. The molecular weight excluding hydrogens is 162 g/mol. The van der Waals surface area contributed by atoms with Crippen molar-refractivity contribution in [3.8, 4) is 12.1 Å². The summed E-state index contributed by atoms with van der Waals surface area (Å²) in [7, 11) is 0. The van der Waals surface area contributed by atoms with Crippen molar-refractivity contribution in [2.75, 3.05) is 0 Å². The Morgan fingerprint density at radius 2 is 1.92 bits per heavy atom. The van der Waals surface area contributed by atoms with Gasteiger partial charge in [0.25, 0.3) is 0 Å². The van der Waals surface area contributed by atoms with Crippen LogP contribution in [0.3, 0.4) is 0 Å². The van der Waals surface area contributed by atoms with Crippen LogP contribution >= 0.6 is 0 Å². The zero-order chi connectivity index (χ0) is 10.0. The van der Waals surface area contributed by atoms with Crippen LogP contribution in [0.1, 0.15) is 20.8 Å². The Balaban J connectivity index is 3.19. The van der Waals surface area contributed by atoms with E-state index in [1.54, 1.807) is 0 Å². The second-order valence-electron chi connectivity index (χ2n) is 3.26. The lowest BCUT2D eigenvalue weighted by Gasteiger charge is -2.22. The zero-order valence-electron chi connectivity index (χ0n) is 8.00. The number of rotatable bonds is 0. The molecule has 2 unspecified atom stereocenters. The highest BCUT2D eigenvalue weighted by Crippen LogP contribution is 2.28. The third-order valence-electron chi connectivity index (χ3n) is 2.40. The maximum absolute atomic E-state index is 8.87. The molecule has 0 aliphatic carbocycles. The molecule has 3 nitrogen and oxygen atoms in total. The van der Waals surface area contributed by atoms with Crippen LogP contribution in [0, 0.1) is 34.5 Å². The van der Waals surface area contributed by atoms with Crippen LogP contribution in [0.5, 0.6) is 0 Å². The van der Waals surface area contributed by atoms with Crippen LogP contribution in [-0.2, 0) is 0 Å². The standard InChI is InChI=1S/C10H11N3/c1-6-9(4-11)7(2)13-8(3)10(6)5-12/h6,9H,1-3H3. The minimum absolute atomic E-state index is 0.0208. The summed E-state index contributed by atoms with van der Waals surface area (Å²) in [4.78, 5) is 4.19. The van der Waals surface area contributed by atoms with Gasteiger partial charge in [-0.25, -0.2) is 0 Å². The van der Waals surface area contributed by atoms with Crippen molar-refractivity contribution in [2.24, 2.45) is 16.8 Å². The van der Waals surface area contributed by atoms with Crippen LogP contribution in [0.25, 0.3) is 0 Å². The van der Waals surface area contributed by atoms with Crippen molar-refractivity contribution < 1.29 is 0 Å². The van der Waals surface area contributed by atoms with Gasteiger partial charge in [0.05, 0.1) is 29.3 Å². The maximum atomic E-state index is 8.87. The van der Waals surface area contributed by atoms with E-state index in [-0.39, 0.29) is 11.8 Å². The fourth-order valence-corrected chi connectivity index (χ4v) is 1.64. The van der Waals surface area contributed by atoms with Crippen LogP contribution in [0.15, 0.2) is 16.3 Å². The molecule has 0 saturated carbocycles.